The molecule has 0 aliphatic heterocycles. The molecular formula is C6H8CaO4S. The van der Waals surface area contributed by atoms with E-state index in [4.69, 9.17) is 4.55 Å². The van der Waals surface area contributed by atoms with Crippen LogP contribution in [0.1, 0.15) is 2.85 Å². The zero-order valence-electron chi connectivity index (χ0n) is 8.17. The van der Waals surface area contributed by atoms with Gasteiger partial charge in [-0.15, -0.1) is 0 Å². The van der Waals surface area contributed by atoms with Crippen molar-refractivity contribution < 1.29 is 20.0 Å². The molecule has 0 saturated heterocycles. The number of para-hydroxylation sites is 1. The van der Waals surface area contributed by atoms with Gasteiger partial charge in [0.25, 0.3) is 0 Å². The van der Waals surface area contributed by atoms with Gasteiger partial charge < -0.3 is 7.04 Å². The van der Waals surface area contributed by atoms with E-state index in [0.29, 0.717) is 0 Å². The number of benzene rings is 1. The molecule has 1 aromatic rings. The quantitative estimate of drug-likeness (QED) is 0.584. The molecule has 1 aromatic carbocycles. The van der Waals surface area contributed by atoms with E-state index in [2.05, 4.69) is 4.18 Å². The fraction of sp³-hybridized carbons (Fsp3) is 0. The molecule has 0 atom stereocenters. The van der Waals surface area contributed by atoms with E-state index in [1.807, 2.05) is 0 Å². The smallest absolute Gasteiger partial charge is 1.00 e. The Morgan fingerprint density at radius 2 is 1.75 bits per heavy atom. The van der Waals surface area contributed by atoms with Crippen LogP contribution >= 0.6 is 0 Å². The van der Waals surface area contributed by atoms with Gasteiger partial charge in [-0.1, -0.05) is 18.2 Å². The normalized spacial score (nSPS) is 10.1. The van der Waals surface area contributed by atoms with Gasteiger partial charge in [-0.2, -0.15) is 8.42 Å². The van der Waals surface area contributed by atoms with Gasteiger partial charge >= 0.3 is 48.1 Å². The molecule has 1 rings (SSSR count). The third kappa shape index (κ3) is 4.95. The van der Waals surface area contributed by atoms with E-state index >= 15 is 0 Å². The fourth-order valence-electron chi connectivity index (χ4n) is 0.598. The molecule has 0 saturated carbocycles. The van der Waals surface area contributed by atoms with Gasteiger partial charge in [-0.05, 0) is 12.1 Å². The Morgan fingerprint density at radius 1 is 1.25 bits per heavy atom. The molecule has 4 nitrogen and oxygen atoms in total. The molecule has 0 fully saturated rings. The maximum atomic E-state index is 10.1. The Hall–Kier alpha value is 0.190. The molecular weight excluding hydrogens is 208 g/mol. The standard InChI is InChI=1S/C6H6O4S.Ca.2H/c7-11(8,9)10-6-4-2-1-3-5-6;;;/h1-5H,(H,7,8,9);;;/q;+2;2*-1. The topological polar surface area (TPSA) is 63.6 Å². The molecule has 1 N–H and O–H groups in total. The monoisotopic (exact) mass is 216 g/mol. The Bertz CT molecular complexity index is 329. The van der Waals surface area contributed by atoms with E-state index in [1.165, 1.54) is 12.1 Å². The third-order valence-corrected chi connectivity index (χ3v) is 1.35. The van der Waals surface area contributed by atoms with Crippen LogP contribution in [0.5, 0.6) is 5.75 Å². The van der Waals surface area contributed by atoms with Crippen molar-refractivity contribution >= 4 is 48.1 Å². The summed E-state index contributed by atoms with van der Waals surface area (Å²) in [5.41, 5.74) is 0. The van der Waals surface area contributed by atoms with E-state index in [1.54, 1.807) is 18.2 Å². The second-order valence-corrected chi connectivity index (χ2v) is 2.85. The van der Waals surface area contributed by atoms with Crippen LogP contribution in [0.3, 0.4) is 0 Å². The summed E-state index contributed by atoms with van der Waals surface area (Å²) in [7, 11) is -4.38. The minimum absolute atomic E-state index is 0. The molecule has 12 heavy (non-hydrogen) atoms. The van der Waals surface area contributed by atoms with Crippen LogP contribution in [0.15, 0.2) is 30.3 Å². The van der Waals surface area contributed by atoms with Crippen molar-refractivity contribution in [3.63, 3.8) is 0 Å². The largest absolute Gasteiger partial charge is 2.00 e. The molecule has 0 unspecified atom stereocenters. The van der Waals surface area contributed by atoms with Crippen molar-refractivity contribution in [3.05, 3.63) is 30.3 Å². The Kier molecular flexibility index (Phi) is 5.12. The molecule has 0 radical (unpaired) electrons. The predicted octanol–water partition coefficient (Wildman–Crippen LogP) is 0.712. The molecule has 0 amide bonds. The van der Waals surface area contributed by atoms with Crippen LogP contribution in [-0.4, -0.2) is 50.7 Å². The van der Waals surface area contributed by atoms with E-state index in [-0.39, 0.29) is 46.3 Å². The zero-order chi connectivity index (χ0) is 8.32. The first-order valence-corrected chi connectivity index (χ1v) is 4.16. The van der Waals surface area contributed by atoms with Gasteiger partial charge in [0.2, 0.25) is 0 Å². The molecule has 0 aromatic heterocycles. The number of rotatable bonds is 2. The summed E-state index contributed by atoms with van der Waals surface area (Å²) in [6.45, 7) is 0. The van der Waals surface area contributed by atoms with Crippen molar-refractivity contribution in [2.24, 2.45) is 0 Å². The van der Waals surface area contributed by atoms with E-state index in [9.17, 15) is 8.42 Å². The summed E-state index contributed by atoms with van der Waals surface area (Å²) in [5.74, 6) is 0.0926. The van der Waals surface area contributed by atoms with E-state index in [0.717, 1.165) is 0 Å². The molecule has 0 aliphatic rings. The Morgan fingerprint density at radius 3 is 2.17 bits per heavy atom. The molecule has 0 aliphatic carbocycles. The average molecular weight is 216 g/mol. The Balaban J connectivity index is -0.000000403. The van der Waals surface area contributed by atoms with Crippen LogP contribution < -0.4 is 4.18 Å². The zero-order valence-corrected chi connectivity index (χ0v) is 9.20. The summed E-state index contributed by atoms with van der Waals surface area (Å²) in [6.07, 6.45) is 0. The van der Waals surface area contributed by atoms with Crippen LogP contribution in [0.25, 0.3) is 0 Å². The maximum absolute atomic E-state index is 10.1. The minimum atomic E-state index is -4.38. The van der Waals surface area contributed by atoms with Crippen LogP contribution in [0.4, 0.5) is 0 Å². The molecule has 0 heterocycles. The summed E-state index contributed by atoms with van der Waals surface area (Å²) in [4.78, 5) is 0. The van der Waals surface area contributed by atoms with Gasteiger partial charge in [0, 0.05) is 0 Å². The summed E-state index contributed by atoms with van der Waals surface area (Å²) >= 11 is 0. The summed E-state index contributed by atoms with van der Waals surface area (Å²) in [6, 6.07) is 7.75. The molecule has 6 heteroatoms. The number of hydrogen-bond acceptors (Lipinski definition) is 3. The Labute approximate surface area is 103 Å². The molecule has 0 spiro atoms. The predicted molar refractivity (Wildman–Crippen MR) is 46.6 cm³/mol. The van der Waals surface area contributed by atoms with Gasteiger partial charge in [0.05, 0.1) is 0 Å². The van der Waals surface area contributed by atoms with Crippen LogP contribution in [-0.2, 0) is 10.4 Å². The van der Waals surface area contributed by atoms with Crippen molar-refractivity contribution in [3.8, 4) is 5.75 Å². The first kappa shape index (κ1) is 12.2. The van der Waals surface area contributed by atoms with Crippen molar-refractivity contribution in [1.82, 2.24) is 0 Å². The van der Waals surface area contributed by atoms with Crippen molar-refractivity contribution in [2.45, 2.75) is 0 Å². The maximum Gasteiger partial charge on any atom is 2.00 e. The van der Waals surface area contributed by atoms with Gasteiger partial charge in [0.1, 0.15) is 5.75 Å². The van der Waals surface area contributed by atoms with Gasteiger partial charge in [-0.3, -0.25) is 4.55 Å². The van der Waals surface area contributed by atoms with E-state index < -0.39 is 10.4 Å². The SMILES string of the molecule is O=S(=O)(O)Oc1ccccc1.[Ca+2].[H-].[H-]. The van der Waals surface area contributed by atoms with Crippen LogP contribution in [0, 0.1) is 0 Å². The van der Waals surface area contributed by atoms with Crippen molar-refractivity contribution in [2.75, 3.05) is 0 Å². The summed E-state index contributed by atoms with van der Waals surface area (Å²) in [5, 5.41) is 0. The van der Waals surface area contributed by atoms with Gasteiger partial charge in [0.15, 0.2) is 0 Å². The molecule has 0 bridgehead atoms. The van der Waals surface area contributed by atoms with Crippen LogP contribution in [0.2, 0.25) is 0 Å². The summed E-state index contributed by atoms with van der Waals surface area (Å²) < 4.78 is 32.6. The third-order valence-electron chi connectivity index (χ3n) is 0.945. The first-order chi connectivity index (χ1) is 5.08. The second kappa shape index (κ2) is 5.04. The number of hydrogen-bond donors (Lipinski definition) is 1. The van der Waals surface area contributed by atoms with Crippen molar-refractivity contribution in [1.29, 1.82) is 0 Å². The molecule has 64 valence electrons. The first-order valence-electron chi connectivity index (χ1n) is 2.80. The fourth-order valence-corrected chi connectivity index (χ4v) is 0.952. The minimum Gasteiger partial charge on any atom is -1.00 e. The van der Waals surface area contributed by atoms with Gasteiger partial charge in [-0.25, -0.2) is 0 Å². The second-order valence-electron chi connectivity index (χ2n) is 1.82. The average Bonchev–Trinajstić information content (AvgIpc) is 1.85.